The molecule has 0 unspecified atom stereocenters. The number of aromatic nitrogens is 3. The van der Waals surface area contributed by atoms with Crippen molar-refractivity contribution in [1.82, 2.24) is 15.0 Å². The Morgan fingerprint density at radius 3 is 1.42 bits per heavy atom. The van der Waals surface area contributed by atoms with Crippen molar-refractivity contribution >= 4 is 21.5 Å². The summed E-state index contributed by atoms with van der Waals surface area (Å²) in [5, 5.41) is 34.3. The lowest BCUT2D eigenvalue weighted by Gasteiger charge is -2.15. The highest BCUT2D eigenvalue weighted by Crippen LogP contribution is 2.40. The highest BCUT2D eigenvalue weighted by Gasteiger charge is 2.19. The van der Waals surface area contributed by atoms with Crippen LogP contribution in [0, 0.1) is 34.0 Å². The summed E-state index contributed by atoms with van der Waals surface area (Å²) in [5.41, 5.74) is 11.7. The van der Waals surface area contributed by atoms with Crippen LogP contribution in [0.4, 0.5) is 0 Å². The van der Waals surface area contributed by atoms with E-state index in [0.717, 1.165) is 61.2 Å². The summed E-state index contributed by atoms with van der Waals surface area (Å²) in [6.45, 7) is 0. The molecule has 1 heterocycles. The highest BCUT2D eigenvalue weighted by atomic mass is 15.0. The van der Waals surface area contributed by atoms with Crippen molar-refractivity contribution in [2.45, 2.75) is 0 Å². The van der Waals surface area contributed by atoms with Crippen LogP contribution >= 0.6 is 0 Å². The van der Waals surface area contributed by atoms with Crippen molar-refractivity contribution < 1.29 is 0 Å². The van der Waals surface area contributed by atoms with Gasteiger partial charge in [0.2, 0.25) is 0 Å². The van der Waals surface area contributed by atoms with E-state index < -0.39 is 0 Å². The molecule has 0 saturated heterocycles. The van der Waals surface area contributed by atoms with Crippen molar-refractivity contribution in [3.8, 4) is 96.9 Å². The molecule has 0 atom stereocenters. The number of hydrogen-bond donors (Lipinski definition) is 0. The first-order valence-electron chi connectivity index (χ1n) is 20.1. The highest BCUT2D eigenvalue weighted by molar-refractivity contribution is 6.08. The lowest BCUT2D eigenvalue weighted by Crippen LogP contribution is -2.01. The summed E-state index contributed by atoms with van der Waals surface area (Å²) in [6, 6.07) is 71.4. The minimum absolute atomic E-state index is 0.420. The molecule has 10 rings (SSSR count). The Morgan fingerprint density at radius 1 is 0.290 bits per heavy atom. The molecule has 0 amide bonds. The van der Waals surface area contributed by atoms with E-state index in [9.17, 15) is 15.8 Å². The monoisotopic (exact) mass is 788 g/mol. The average Bonchev–Trinajstić information content (AvgIpc) is 3.36. The molecule has 62 heavy (non-hydrogen) atoms. The fraction of sp³-hybridized carbons (Fsp3) is 0. The quantitative estimate of drug-likeness (QED) is 0.149. The Kier molecular flexibility index (Phi) is 9.60. The number of nitrogens with zero attached hydrogens (tertiary/aromatic N) is 6. The molecular weight excluding hydrogens is 757 g/mol. The van der Waals surface area contributed by atoms with Crippen molar-refractivity contribution in [2.75, 3.05) is 0 Å². The topological polar surface area (TPSA) is 110 Å². The first kappa shape index (κ1) is 37.3. The standard InChI is InChI=1S/C56H32N6/c57-33-36-13-17-41(18-14-36)54-60-55(42-19-15-37(34-58)16-20-42)62-56(61-54)52-12-6-5-11-51(52)53-32-45(27-28-46(53)35-59)49-10-4-3-9-48(49)40-23-21-38(22-24-40)43-29-30-50-44(31-43)26-25-39-7-1-2-8-47(39)50/h1-32H. The maximum atomic E-state index is 10.5. The molecule has 6 heteroatoms. The molecular formula is C56H32N6. The molecule has 0 N–H and O–H groups in total. The molecule has 0 bridgehead atoms. The molecule has 0 saturated carbocycles. The lowest BCUT2D eigenvalue weighted by molar-refractivity contribution is 1.07. The van der Waals surface area contributed by atoms with Gasteiger partial charge in [-0.15, -0.1) is 0 Å². The smallest absolute Gasteiger partial charge is 0.164 e. The van der Waals surface area contributed by atoms with Crippen molar-refractivity contribution in [3.63, 3.8) is 0 Å². The van der Waals surface area contributed by atoms with Crippen LogP contribution in [-0.2, 0) is 0 Å². The number of fused-ring (bicyclic) bond motifs is 3. The first-order chi connectivity index (χ1) is 30.6. The largest absolute Gasteiger partial charge is 0.208 e. The summed E-state index contributed by atoms with van der Waals surface area (Å²) in [5.74, 6) is 1.28. The van der Waals surface area contributed by atoms with Crippen molar-refractivity contribution in [2.24, 2.45) is 0 Å². The minimum atomic E-state index is 0.420. The number of rotatable bonds is 7. The summed E-state index contributed by atoms with van der Waals surface area (Å²) >= 11 is 0. The summed E-state index contributed by atoms with van der Waals surface area (Å²) in [4.78, 5) is 14.8. The van der Waals surface area contributed by atoms with Crippen LogP contribution < -0.4 is 0 Å². The zero-order chi connectivity index (χ0) is 42.0. The Morgan fingerprint density at radius 2 is 0.774 bits per heavy atom. The van der Waals surface area contributed by atoms with Gasteiger partial charge in [0, 0.05) is 22.3 Å². The zero-order valence-corrected chi connectivity index (χ0v) is 33.2. The molecule has 0 aliphatic rings. The van der Waals surface area contributed by atoms with Gasteiger partial charge in [0.15, 0.2) is 17.5 Å². The van der Waals surface area contributed by atoms with E-state index in [1.807, 2.05) is 66.7 Å². The van der Waals surface area contributed by atoms with Crippen LogP contribution in [0.3, 0.4) is 0 Å². The van der Waals surface area contributed by atoms with E-state index in [1.54, 1.807) is 24.3 Å². The van der Waals surface area contributed by atoms with Gasteiger partial charge in [-0.25, -0.2) is 15.0 Å². The predicted octanol–water partition coefficient (Wildman–Crippen LogP) is 13.5. The number of nitriles is 3. The van der Waals surface area contributed by atoms with Gasteiger partial charge in [0.05, 0.1) is 34.9 Å². The fourth-order valence-electron chi connectivity index (χ4n) is 8.11. The Balaban J connectivity index is 1.04. The van der Waals surface area contributed by atoms with E-state index in [-0.39, 0.29) is 0 Å². The van der Waals surface area contributed by atoms with Gasteiger partial charge in [-0.3, -0.25) is 0 Å². The van der Waals surface area contributed by atoms with E-state index in [1.165, 1.54) is 21.5 Å². The summed E-state index contributed by atoms with van der Waals surface area (Å²) in [6.07, 6.45) is 0. The first-order valence-corrected chi connectivity index (χ1v) is 20.1. The van der Waals surface area contributed by atoms with Gasteiger partial charge in [-0.1, -0.05) is 127 Å². The third-order valence-electron chi connectivity index (χ3n) is 11.3. The Hall–Kier alpha value is -9.02. The van der Waals surface area contributed by atoms with Gasteiger partial charge >= 0.3 is 0 Å². The third-order valence-corrected chi connectivity index (χ3v) is 11.3. The maximum absolute atomic E-state index is 10.5. The molecule has 0 aliphatic carbocycles. The van der Waals surface area contributed by atoms with Gasteiger partial charge in [0.25, 0.3) is 0 Å². The Labute approximate surface area is 358 Å². The minimum Gasteiger partial charge on any atom is -0.208 e. The molecule has 0 aliphatic heterocycles. The molecule has 0 radical (unpaired) electrons. The normalized spacial score (nSPS) is 10.9. The SMILES string of the molecule is N#Cc1ccc(-c2nc(-c3ccc(C#N)cc3)nc(-c3ccccc3-c3cc(-c4ccccc4-c4ccc(-c5ccc6c(ccc7ccccc76)c5)cc4)ccc3C#N)n2)cc1. The third kappa shape index (κ3) is 6.99. The predicted molar refractivity (Wildman–Crippen MR) is 247 cm³/mol. The van der Waals surface area contributed by atoms with Crippen LogP contribution in [0.2, 0.25) is 0 Å². The summed E-state index contributed by atoms with van der Waals surface area (Å²) < 4.78 is 0. The Bertz CT molecular complexity index is 3400. The second-order valence-electron chi connectivity index (χ2n) is 14.9. The molecule has 0 spiro atoms. The molecule has 0 fully saturated rings. The van der Waals surface area contributed by atoms with Crippen molar-refractivity contribution in [3.05, 3.63) is 211 Å². The molecule has 286 valence electrons. The molecule has 10 aromatic rings. The van der Waals surface area contributed by atoms with Crippen LogP contribution in [-0.4, -0.2) is 15.0 Å². The van der Waals surface area contributed by atoms with Gasteiger partial charge in [-0.05, 0) is 127 Å². The molecule has 1 aromatic heterocycles. The van der Waals surface area contributed by atoms with Gasteiger partial charge < -0.3 is 0 Å². The van der Waals surface area contributed by atoms with Crippen LogP contribution in [0.1, 0.15) is 16.7 Å². The van der Waals surface area contributed by atoms with E-state index >= 15 is 0 Å². The van der Waals surface area contributed by atoms with Crippen molar-refractivity contribution in [1.29, 1.82) is 15.8 Å². The van der Waals surface area contributed by atoms with Crippen LogP contribution in [0.5, 0.6) is 0 Å². The van der Waals surface area contributed by atoms with Gasteiger partial charge in [0.1, 0.15) is 0 Å². The molecule has 6 nitrogen and oxygen atoms in total. The number of hydrogen-bond acceptors (Lipinski definition) is 6. The van der Waals surface area contributed by atoms with Crippen LogP contribution in [0.15, 0.2) is 194 Å². The van der Waals surface area contributed by atoms with E-state index in [4.69, 9.17) is 15.0 Å². The number of benzene rings is 9. The zero-order valence-electron chi connectivity index (χ0n) is 33.2. The second-order valence-corrected chi connectivity index (χ2v) is 14.9. The summed E-state index contributed by atoms with van der Waals surface area (Å²) in [7, 11) is 0. The average molecular weight is 789 g/mol. The molecule has 9 aromatic carbocycles. The van der Waals surface area contributed by atoms with E-state index in [0.29, 0.717) is 34.2 Å². The fourth-order valence-corrected chi connectivity index (χ4v) is 8.11. The van der Waals surface area contributed by atoms with Gasteiger partial charge in [-0.2, -0.15) is 15.8 Å². The lowest BCUT2D eigenvalue weighted by atomic mass is 9.89. The maximum Gasteiger partial charge on any atom is 0.164 e. The van der Waals surface area contributed by atoms with E-state index in [2.05, 4.69) is 121 Å². The second kappa shape index (κ2) is 16.0. The van der Waals surface area contributed by atoms with Crippen LogP contribution in [0.25, 0.3) is 100 Å².